The summed E-state index contributed by atoms with van der Waals surface area (Å²) >= 11 is 5.72. The fourth-order valence-corrected chi connectivity index (χ4v) is 3.32. The summed E-state index contributed by atoms with van der Waals surface area (Å²) in [5.41, 5.74) is 0. The van der Waals surface area contributed by atoms with Crippen molar-refractivity contribution < 1.29 is 22.7 Å². The highest BCUT2D eigenvalue weighted by Gasteiger charge is 2.27. The smallest absolute Gasteiger partial charge is 0.321 e. The van der Waals surface area contributed by atoms with Gasteiger partial charge in [-0.05, 0) is 30.5 Å². The van der Waals surface area contributed by atoms with Crippen molar-refractivity contribution in [2.45, 2.75) is 31.2 Å². The Morgan fingerprint density at radius 1 is 1.45 bits per heavy atom. The van der Waals surface area contributed by atoms with E-state index >= 15 is 0 Å². The molecule has 5 nitrogen and oxygen atoms in total. The quantitative estimate of drug-likeness (QED) is 0.841. The van der Waals surface area contributed by atoms with E-state index in [1.54, 1.807) is 13.8 Å². The highest BCUT2D eigenvalue weighted by atomic mass is 35.5. The number of carboxylic acids is 1. The molecule has 0 aliphatic carbocycles. The van der Waals surface area contributed by atoms with Crippen LogP contribution in [0.25, 0.3) is 0 Å². The number of hydrogen-bond acceptors (Lipinski definition) is 3. The molecule has 1 aromatic carbocycles. The summed E-state index contributed by atoms with van der Waals surface area (Å²) in [7, 11) is -4.21. The van der Waals surface area contributed by atoms with E-state index in [9.17, 15) is 17.6 Å². The minimum absolute atomic E-state index is 0.0261. The first-order chi connectivity index (χ1) is 9.13. The third-order valence-electron chi connectivity index (χ3n) is 2.49. The third kappa shape index (κ3) is 4.43. The summed E-state index contributed by atoms with van der Waals surface area (Å²) in [6.45, 7) is 3.53. The normalized spacial score (nSPS) is 13.4. The van der Waals surface area contributed by atoms with Gasteiger partial charge in [0.15, 0.2) is 0 Å². The van der Waals surface area contributed by atoms with E-state index in [4.69, 9.17) is 16.7 Å². The summed E-state index contributed by atoms with van der Waals surface area (Å²) in [6, 6.07) is 1.58. The number of rotatable bonds is 6. The Balaban J connectivity index is 3.09. The number of carboxylic acid groups (broad SMARTS) is 1. The molecule has 0 fully saturated rings. The molecule has 20 heavy (non-hydrogen) atoms. The largest absolute Gasteiger partial charge is 0.480 e. The molecule has 0 bridgehead atoms. The lowest BCUT2D eigenvalue weighted by Crippen LogP contribution is -2.41. The molecule has 1 atom stereocenters. The Morgan fingerprint density at radius 2 is 2.05 bits per heavy atom. The van der Waals surface area contributed by atoms with Gasteiger partial charge in [-0.1, -0.05) is 25.4 Å². The molecule has 0 amide bonds. The van der Waals surface area contributed by atoms with Gasteiger partial charge in [-0.3, -0.25) is 4.79 Å². The lowest BCUT2D eigenvalue weighted by atomic mass is 10.1. The van der Waals surface area contributed by atoms with E-state index in [0.29, 0.717) is 0 Å². The van der Waals surface area contributed by atoms with Gasteiger partial charge in [0.05, 0.1) is 5.02 Å². The molecule has 2 N–H and O–H groups in total. The van der Waals surface area contributed by atoms with Gasteiger partial charge in [0.1, 0.15) is 16.8 Å². The van der Waals surface area contributed by atoms with Crippen molar-refractivity contribution in [2.24, 2.45) is 5.92 Å². The number of benzene rings is 1. The second kappa shape index (κ2) is 6.51. The Kier molecular flexibility index (Phi) is 5.50. The average molecular weight is 324 g/mol. The van der Waals surface area contributed by atoms with Gasteiger partial charge in [0.2, 0.25) is 10.0 Å². The molecular formula is C12H15ClFNO4S. The van der Waals surface area contributed by atoms with Crippen molar-refractivity contribution >= 4 is 27.6 Å². The van der Waals surface area contributed by atoms with Gasteiger partial charge in [-0.15, -0.1) is 0 Å². The van der Waals surface area contributed by atoms with Crippen LogP contribution in [0.4, 0.5) is 4.39 Å². The molecule has 1 rings (SSSR count). The van der Waals surface area contributed by atoms with Crippen LogP contribution in [0.5, 0.6) is 0 Å². The summed E-state index contributed by atoms with van der Waals surface area (Å²) in [5, 5.41) is 8.85. The van der Waals surface area contributed by atoms with Crippen molar-refractivity contribution in [3.05, 3.63) is 29.0 Å². The second-order valence-corrected chi connectivity index (χ2v) is 6.81. The number of aliphatic carboxylic acids is 1. The molecule has 8 heteroatoms. The van der Waals surface area contributed by atoms with Crippen molar-refractivity contribution in [3.8, 4) is 0 Å². The van der Waals surface area contributed by atoms with Gasteiger partial charge in [0.25, 0.3) is 0 Å². The molecule has 0 aliphatic heterocycles. The summed E-state index contributed by atoms with van der Waals surface area (Å²) in [4.78, 5) is 10.6. The van der Waals surface area contributed by atoms with Crippen molar-refractivity contribution in [2.75, 3.05) is 0 Å². The van der Waals surface area contributed by atoms with Gasteiger partial charge < -0.3 is 5.11 Å². The number of carbonyl (C=O) groups is 1. The highest BCUT2D eigenvalue weighted by Crippen LogP contribution is 2.22. The molecule has 112 valence electrons. The molecular weight excluding hydrogens is 309 g/mol. The lowest BCUT2D eigenvalue weighted by Gasteiger charge is -2.17. The number of halogens is 2. The Labute approximate surface area is 121 Å². The minimum Gasteiger partial charge on any atom is -0.480 e. The topological polar surface area (TPSA) is 83.5 Å². The number of hydrogen-bond donors (Lipinski definition) is 2. The summed E-state index contributed by atoms with van der Waals surface area (Å²) in [5.74, 6) is -2.10. The zero-order valence-electron chi connectivity index (χ0n) is 10.9. The Bertz CT molecular complexity index is 603. The molecule has 1 aromatic rings. The average Bonchev–Trinajstić information content (AvgIpc) is 2.30. The predicted octanol–water partition coefficient (Wildman–Crippen LogP) is 2.26. The van der Waals surface area contributed by atoms with Crippen LogP contribution >= 0.6 is 11.6 Å². The first-order valence-electron chi connectivity index (χ1n) is 5.83. The van der Waals surface area contributed by atoms with Gasteiger partial charge >= 0.3 is 5.97 Å². The molecule has 0 radical (unpaired) electrons. The Hall–Kier alpha value is -1.18. The van der Waals surface area contributed by atoms with Crippen LogP contribution in [0.3, 0.4) is 0 Å². The fourth-order valence-electron chi connectivity index (χ4n) is 1.60. The van der Waals surface area contributed by atoms with Crippen molar-refractivity contribution in [1.29, 1.82) is 0 Å². The molecule has 0 unspecified atom stereocenters. The highest BCUT2D eigenvalue weighted by molar-refractivity contribution is 7.89. The van der Waals surface area contributed by atoms with Gasteiger partial charge in [-0.25, -0.2) is 12.8 Å². The Morgan fingerprint density at radius 3 is 2.55 bits per heavy atom. The maximum absolute atomic E-state index is 13.1. The molecule has 0 saturated heterocycles. The van der Waals surface area contributed by atoms with Crippen LogP contribution in [0.2, 0.25) is 5.02 Å². The van der Waals surface area contributed by atoms with Crippen LogP contribution in [0.1, 0.15) is 20.3 Å². The molecule has 0 heterocycles. The minimum atomic E-state index is -4.21. The number of nitrogens with one attached hydrogen (secondary N) is 1. The van der Waals surface area contributed by atoms with E-state index in [-0.39, 0.29) is 17.4 Å². The molecule has 0 aliphatic rings. The summed E-state index contributed by atoms with van der Waals surface area (Å²) in [6.07, 6.45) is 0.113. The van der Waals surface area contributed by atoms with E-state index in [0.717, 1.165) is 18.2 Å². The van der Waals surface area contributed by atoms with Gasteiger partial charge in [0, 0.05) is 0 Å². The second-order valence-electron chi connectivity index (χ2n) is 4.72. The van der Waals surface area contributed by atoms with Crippen molar-refractivity contribution in [3.63, 3.8) is 0 Å². The standard InChI is InChI=1S/C12H15ClFNO4S/c1-7(2)5-10(12(16)17)15-20(18,19)11-6-8(14)3-4-9(11)13/h3-4,6-7,10,15H,5H2,1-2H3,(H,16,17)/t10-/m0/s1. The van der Waals surface area contributed by atoms with E-state index in [1.165, 1.54) is 0 Å². The third-order valence-corrected chi connectivity index (χ3v) is 4.44. The monoisotopic (exact) mass is 323 g/mol. The first kappa shape index (κ1) is 16.9. The van der Waals surface area contributed by atoms with Crippen LogP contribution in [-0.2, 0) is 14.8 Å². The van der Waals surface area contributed by atoms with Crippen LogP contribution < -0.4 is 4.72 Å². The fraction of sp³-hybridized carbons (Fsp3) is 0.417. The molecule has 0 spiro atoms. The maximum Gasteiger partial charge on any atom is 0.321 e. The number of sulfonamides is 1. The van der Waals surface area contributed by atoms with Crippen molar-refractivity contribution in [1.82, 2.24) is 4.72 Å². The zero-order chi connectivity index (χ0) is 15.5. The first-order valence-corrected chi connectivity index (χ1v) is 7.69. The van der Waals surface area contributed by atoms with Crippen LogP contribution in [-0.4, -0.2) is 25.5 Å². The van der Waals surface area contributed by atoms with Crippen LogP contribution in [0, 0.1) is 11.7 Å². The lowest BCUT2D eigenvalue weighted by molar-refractivity contribution is -0.139. The van der Waals surface area contributed by atoms with E-state index in [2.05, 4.69) is 0 Å². The van der Waals surface area contributed by atoms with Crippen LogP contribution in [0.15, 0.2) is 23.1 Å². The van der Waals surface area contributed by atoms with Gasteiger partial charge in [-0.2, -0.15) is 4.72 Å². The SMILES string of the molecule is CC(C)C[C@H](NS(=O)(=O)c1cc(F)ccc1Cl)C(=O)O. The van der Waals surface area contributed by atoms with E-state index < -0.39 is 32.7 Å². The zero-order valence-corrected chi connectivity index (χ0v) is 12.5. The summed E-state index contributed by atoms with van der Waals surface area (Å²) < 4.78 is 39.3. The molecule has 0 aromatic heterocycles. The predicted molar refractivity (Wildman–Crippen MR) is 72.6 cm³/mol. The molecule has 0 saturated carbocycles. The van der Waals surface area contributed by atoms with E-state index in [1.807, 2.05) is 4.72 Å². The maximum atomic E-state index is 13.1.